The Bertz CT molecular complexity index is 1070. The summed E-state index contributed by atoms with van der Waals surface area (Å²) in [6.07, 6.45) is -9.40. The van der Waals surface area contributed by atoms with Crippen LogP contribution in [0.15, 0.2) is 42.5 Å². The van der Waals surface area contributed by atoms with E-state index >= 15 is 0 Å². The lowest BCUT2D eigenvalue weighted by atomic mass is 9.87. The normalized spacial score (nSPS) is 20.8. The number of nitrogens with zero attached hydrogens (tertiary/aromatic N) is 1. The summed E-state index contributed by atoms with van der Waals surface area (Å²) in [4.78, 5) is 13.5. The third kappa shape index (κ3) is 8.41. The summed E-state index contributed by atoms with van der Waals surface area (Å²) >= 11 is 0. The van der Waals surface area contributed by atoms with E-state index in [0.717, 1.165) is 5.56 Å². The van der Waals surface area contributed by atoms with E-state index in [2.05, 4.69) is 9.64 Å². The van der Waals surface area contributed by atoms with Crippen molar-refractivity contribution in [2.24, 2.45) is 5.92 Å². The number of hydrogen-bond acceptors (Lipinski definition) is 4. The van der Waals surface area contributed by atoms with Gasteiger partial charge in [-0.05, 0) is 87.2 Å². The lowest BCUT2D eigenvalue weighted by molar-refractivity contribution is -0.143. The van der Waals surface area contributed by atoms with Gasteiger partial charge >= 0.3 is 18.3 Å². The third-order valence-corrected chi connectivity index (χ3v) is 7.14. The number of carbonyl (C=O) groups is 1. The van der Waals surface area contributed by atoms with E-state index in [1.165, 1.54) is 26.2 Å². The highest BCUT2D eigenvalue weighted by molar-refractivity contribution is 5.69. The van der Waals surface area contributed by atoms with Gasteiger partial charge in [-0.25, -0.2) is 4.39 Å². The maximum atomic E-state index is 13.7. The first-order valence-electron chi connectivity index (χ1n) is 12.6. The minimum absolute atomic E-state index is 0.0306. The van der Waals surface area contributed by atoms with Crippen molar-refractivity contribution in [3.05, 3.63) is 70.5 Å². The molecule has 0 spiro atoms. The molecule has 0 heterocycles. The van der Waals surface area contributed by atoms with Gasteiger partial charge in [0.15, 0.2) is 0 Å². The molecular formula is C28H32F7NO3. The van der Waals surface area contributed by atoms with E-state index in [4.69, 9.17) is 4.74 Å². The lowest BCUT2D eigenvalue weighted by Gasteiger charge is -2.30. The second-order valence-corrected chi connectivity index (χ2v) is 10.0. The smallest absolute Gasteiger partial charge is 0.416 e. The Balaban J connectivity index is 1.82. The van der Waals surface area contributed by atoms with E-state index in [1.54, 1.807) is 12.1 Å². The first-order chi connectivity index (χ1) is 18.2. The third-order valence-electron chi connectivity index (χ3n) is 7.14. The predicted octanol–water partition coefficient (Wildman–Crippen LogP) is 7.39. The molecule has 39 heavy (non-hydrogen) atoms. The SMILES string of the molecule is COC(=O)CCCN(C)CC1CCC(O[C@H](C)c2cc(C(F)(F)F)cc(C(F)(F)F)c2)C1c1ccc(F)cc1. The maximum absolute atomic E-state index is 13.7. The zero-order valence-corrected chi connectivity index (χ0v) is 21.9. The van der Waals surface area contributed by atoms with Gasteiger partial charge in [0.1, 0.15) is 5.82 Å². The van der Waals surface area contributed by atoms with Gasteiger partial charge in [-0.3, -0.25) is 4.79 Å². The van der Waals surface area contributed by atoms with Crippen LogP contribution in [0.5, 0.6) is 0 Å². The molecule has 216 valence electrons. The number of alkyl halides is 6. The number of benzene rings is 2. The highest BCUT2D eigenvalue weighted by atomic mass is 19.4. The van der Waals surface area contributed by atoms with E-state index in [1.807, 2.05) is 7.05 Å². The fraction of sp³-hybridized carbons (Fsp3) is 0.536. The monoisotopic (exact) mass is 563 g/mol. The second kappa shape index (κ2) is 12.7. The Labute approximate surface area is 223 Å². The first-order valence-corrected chi connectivity index (χ1v) is 12.6. The Morgan fingerprint density at radius 1 is 1.00 bits per heavy atom. The number of esters is 1. The number of rotatable bonds is 10. The summed E-state index contributed by atoms with van der Waals surface area (Å²) in [7, 11) is 3.22. The lowest BCUT2D eigenvalue weighted by Crippen LogP contribution is -2.31. The Kier molecular flexibility index (Phi) is 10.0. The van der Waals surface area contributed by atoms with E-state index in [-0.39, 0.29) is 35.9 Å². The number of methoxy groups -OCH3 is 1. The highest BCUT2D eigenvalue weighted by Gasteiger charge is 2.41. The molecule has 4 atom stereocenters. The average molecular weight is 564 g/mol. The Hall–Kier alpha value is -2.66. The van der Waals surface area contributed by atoms with Gasteiger partial charge in [-0.2, -0.15) is 26.3 Å². The second-order valence-electron chi connectivity index (χ2n) is 10.0. The molecule has 0 saturated heterocycles. The van der Waals surface area contributed by atoms with Crippen LogP contribution in [-0.4, -0.2) is 44.2 Å². The molecule has 4 nitrogen and oxygen atoms in total. The molecule has 3 rings (SSSR count). The van der Waals surface area contributed by atoms with Crippen molar-refractivity contribution in [2.75, 3.05) is 27.2 Å². The largest absolute Gasteiger partial charge is 0.469 e. The van der Waals surface area contributed by atoms with Crippen LogP contribution in [0.3, 0.4) is 0 Å². The van der Waals surface area contributed by atoms with Crippen LogP contribution in [0.4, 0.5) is 30.7 Å². The van der Waals surface area contributed by atoms with Crippen LogP contribution in [0.1, 0.15) is 66.9 Å². The zero-order valence-electron chi connectivity index (χ0n) is 21.9. The van der Waals surface area contributed by atoms with E-state index < -0.39 is 41.5 Å². The molecule has 1 aliphatic carbocycles. The molecule has 1 saturated carbocycles. The van der Waals surface area contributed by atoms with Crippen molar-refractivity contribution in [3.63, 3.8) is 0 Å². The van der Waals surface area contributed by atoms with Crippen molar-refractivity contribution in [1.82, 2.24) is 4.90 Å². The summed E-state index contributed by atoms with van der Waals surface area (Å²) < 4.78 is 105. The summed E-state index contributed by atoms with van der Waals surface area (Å²) in [6.45, 7) is 2.66. The maximum Gasteiger partial charge on any atom is 0.416 e. The van der Waals surface area contributed by atoms with Crippen molar-refractivity contribution in [3.8, 4) is 0 Å². The molecular weight excluding hydrogens is 531 g/mol. The molecule has 2 aromatic rings. The quantitative estimate of drug-likeness (QED) is 0.223. The van der Waals surface area contributed by atoms with Gasteiger partial charge in [0, 0.05) is 18.9 Å². The topological polar surface area (TPSA) is 38.8 Å². The van der Waals surface area contributed by atoms with E-state index in [0.29, 0.717) is 44.5 Å². The number of ether oxygens (including phenoxy) is 2. The molecule has 0 aliphatic heterocycles. The molecule has 1 aliphatic rings. The number of halogens is 7. The molecule has 0 bridgehead atoms. The van der Waals surface area contributed by atoms with E-state index in [9.17, 15) is 35.5 Å². The van der Waals surface area contributed by atoms with Crippen molar-refractivity contribution in [1.29, 1.82) is 0 Å². The van der Waals surface area contributed by atoms with Crippen LogP contribution in [-0.2, 0) is 26.6 Å². The van der Waals surface area contributed by atoms with Gasteiger partial charge in [-0.1, -0.05) is 12.1 Å². The zero-order chi connectivity index (χ0) is 29.0. The number of hydrogen-bond donors (Lipinski definition) is 0. The van der Waals surface area contributed by atoms with Crippen LogP contribution >= 0.6 is 0 Å². The first kappa shape index (κ1) is 30.9. The van der Waals surface area contributed by atoms with Gasteiger partial charge < -0.3 is 14.4 Å². The Morgan fingerprint density at radius 3 is 2.13 bits per heavy atom. The predicted molar refractivity (Wildman–Crippen MR) is 130 cm³/mol. The molecule has 11 heteroatoms. The summed E-state index contributed by atoms with van der Waals surface area (Å²) in [5.74, 6) is -0.964. The molecule has 0 N–H and O–H groups in total. The van der Waals surface area contributed by atoms with Crippen LogP contribution in [0.2, 0.25) is 0 Å². The average Bonchev–Trinajstić information content (AvgIpc) is 3.24. The van der Waals surface area contributed by atoms with Gasteiger partial charge in [0.05, 0.1) is 30.4 Å². The van der Waals surface area contributed by atoms with Crippen molar-refractivity contribution >= 4 is 5.97 Å². The van der Waals surface area contributed by atoms with Gasteiger partial charge in [-0.15, -0.1) is 0 Å². The van der Waals surface area contributed by atoms with Crippen LogP contribution in [0.25, 0.3) is 0 Å². The van der Waals surface area contributed by atoms with Gasteiger partial charge in [0.25, 0.3) is 0 Å². The van der Waals surface area contributed by atoms with Crippen LogP contribution < -0.4 is 0 Å². The standard InChI is InChI=1S/C28H32F7NO3/c1-17(20-13-21(27(30,31)32)15-22(14-20)28(33,34)35)39-24-11-8-19(16-36(2)12-4-5-25(37)38-3)26(24)18-6-9-23(29)10-7-18/h6-7,9-10,13-15,17,19,24,26H,4-5,8,11-12,16H2,1-3H3/t17-,19?,24?,26?/m1/s1. The minimum atomic E-state index is -4.96. The van der Waals surface area contributed by atoms with Gasteiger partial charge in [0.2, 0.25) is 0 Å². The summed E-state index contributed by atoms with van der Waals surface area (Å²) in [6, 6.07) is 7.36. The van der Waals surface area contributed by atoms with Crippen LogP contribution in [0, 0.1) is 11.7 Å². The fourth-order valence-electron chi connectivity index (χ4n) is 5.21. The summed E-state index contributed by atoms with van der Waals surface area (Å²) in [5.41, 5.74) is -2.23. The minimum Gasteiger partial charge on any atom is -0.469 e. The fourth-order valence-corrected chi connectivity index (χ4v) is 5.21. The molecule has 3 unspecified atom stereocenters. The molecule has 1 fully saturated rings. The molecule has 2 aromatic carbocycles. The molecule has 0 amide bonds. The van der Waals surface area contributed by atoms with Crippen molar-refractivity contribution < 1.29 is 45.0 Å². The Morgan fingerprint density at radius 2 is 1.59 bits per heavy atom. The summed E-state index contributed by atoms with van der Waals surface area (Å²) in [5, 5.41) is 0. The molecule has 0 radical (unpaired) electrons. The highest BCUT2D eigenvalue weighted by Crippen LogP contribution is 2.45. The molecule has 0 aromatic heterocycles. The van der Waals surface area contributed by atoms with Crippen molar-refractivity contribution in [2.45, 2.75) is 63.1 Å². The number of carbonyl (C=O) groups excluding carboxylic acids is 1.